The minimum Gasteiger partial charge on any atom is -0.313 e. The number of benzene rings is 4. The summed E-state index contributed by atoms with van der Waals surface area (Å²) in [5.74, 6) is 0.426. The van der Waals surface area contributed by atoms with Crippen molar-refractivity contribution in [1.29, 1.82) is 0 Å². The molecule has 1 atom stereocenters. The molecule has 0 saturated heterocycles. The molecular formula is C31H25N. The van der Waals surface area contributed by atoms with Gasteiger partial charge in [0.25, 0.3) is 0 Å². The van der Waals surface area contributed by atoms with Gasteiger partial charge in [-0.15, -0.1) is 0 Å². The third-order valence-electron chi connectivity index (χ3n) is 6.58. The van der Waals surface area contributed by atoms with Gasteiger partial charge in [0.1, 0.15) is 0 Å². The molecule has 0 spiro atoms. The van der Waals surface area contributed by atoms with E-state index in [9.17, 15) is 0 Å². The standard InChI is InChI=1S/C31H25N/c1-22-16-17-31-29(18-22)28-14-8-9-15-30(28)32(31)27-20-25(23-10-4-2-5-11-23)19-26(21-27)24-12-6-3-7-13-24/h2-13,15-21,28H,14H2,1H3. The molecule has 32 heavy (non-hydrogen) atoms. The zero-order valence-electron chi connectivity index (χ0n) is 18.2. The lowest BCUT2D eigenvalue weighted by molar-refractivity contribution is 0.819. The molecule has 0 N–H and O–H groups in total. The van der Waals surface area contributed by atoms with Crippen molar-refractivity contribution >= 4 is 11.4 Å². The third kappa shape index (κ3) is 3.18. The van der Waals surface area contributed by atoms with E-state index in [0.29, 0.717) is 5.92 Å². The maximum atomic E-state index is 2.47. The molecule has 154 valence electrons. The molecule has 1 heterocycles. The molecule has 0 radical (unpaired) electrons. The molecule has 4 aromatic rings. The number of nitrogens with zero attached hydrogens (tertiary/aromatic N) is 1. The van der Waals surface area contributed by atoms with Crippen LogP contribution in [0.25, 0.3) is 22.3 Å². The van der Waals surface area contributed by atoms with E-state index in [1.807, 2.05) is 0 Å². The van der Waals surface area contributed by atoms with Crippen LogP contribution >= 0.6 is 0 Å². The Morgan fingerprint density at radius 3 is 2.00 bits per heavy atom. The lowest BCUT2D eigenvalue weighted by atomic mass is 9.91. The largest absolute Gasteiger partial charge is 0.313 e. The molecule has 1 aliphatic carbocycles. The van der Waals surface area contributed by atoms with Crippen LogP contribution in [0.3, 0.4) is 0 Å². The lowest BCUT2D eigenvalue weighted by Gasteiger charge is -2.26. The number of aryl methyl sites for hydroxylation is 1. The van der Waals surface area contributed by atoms with E-state index in [-0.39, 0.29) is 0 Å². The fourth-order valence-corrected chi connectivity index (χ4v) is 5.05. The van der Waals surface area contributed by atoms with Gasteiger partial charge in [-0.05, 0) is 71.5 Å². The zero-order valence-corrected chi connectivity index (χ0v) is 18.2. The smallest absolute Gasteiger partial charge is 0.0497 e. The van der Waals surface area contributed by atoms with Crippen molar-refractivity contribution in [3.05, 3.63) is 132 Å². The maximum absolute atomic E-state index is 2.47. The highest BCUT2D eigenvalue weighted by Crippen LogP contribution is 2.51. The van der Waals surface area contributed by atoms with Crippen LogP contribution in [-0.2, 0) is 0 Å². The second-order valence-electron chi connectivity index (χ2n) is 8.71. The van der Waals surface area contributed by atoms with Crippen molar-refractivity contribution in [2.75, 3.05) is 4.90 Å². The molecule has 2 aliphatic rings. The summed E-state index contributed by atoms with van der Waals surface area (Å²) < 4.78 is 0. The van der Waals surface area contributed by atoms with Crippen molar-refractivity contribution < 1.29 is 0 Å². The average molecular weight is 412 g/mol. The minimum atomic E-state index is 0.426. The summed E-state index contributed by atoms with van der Waals surface area (Å²) in [6, 6.07) is 35.3. The molecule has 1 nitrogen and oxygen atoms in total. The highest BCUT2D eigenvalue weighted by Gasteiger charge is 2.35. The molecule has 1 heteroatoms. The van der Waals surface area contributed by atoms with Crippen LogP contribution in [0.5, 0.6) is 0 Å². The molecule has 4 aromatic carbocycles. The first-order valence-electron chi connectivity index (χ1n) is 11.3. The van der Waals surface area contributed by atoms with E-state index in [1.165, 1.54) is 50.5 Å². The molecule has 0 saturated carbocycles. The van der Waals surface area contributed by atoms with E-state index in [0.717, 1.165) is 6.42 Å². The highest BCUT2D eigenvalue weighted by molar-refractivity contribution is 5.85. The van der Waals surface area contributed by atoms with Gasteiger partial charge in [0.2, 0.25) is 0 Å². The molecule has 1 aliphatic heterocycles. The van der Waals surface area contributed by atoms with Gasteiger partial charge < -0.3 is 4.90 Å². The Kier molecular flexibility index (Phi) is 4.54. The summed E-state index contributed by atoms with van der Waals surface area (Å²) in [6.07, 6.45) is 7.85. The van der Waals surface area contributed by atoms with E-state index in [4.69, 9.17) is 0 Å². The summed E-state index contributed by atoms with van der Waals surface area (Å²) in [5.41, 5.74) is 11.6. The van der Waals surface area contributed by atoms with Crippen LogP contribution in [0.15, 0.2) is 121 Å². The lowest BCUT2D eigenvalue weighted by Crippen LogP contribution is -2.14. The van der Waals surface area contributed by atoms with Gasteiger partial charge in [-0.2, -0.15) is 0 Å². The van der Waals surface area contributed by atoms with Crippen molar-refractivity contribution in [3.63, 3.8) is 0 Å². The summed E-state index contributed by atoms with van der Waals surface area (Å²) in [7, 11) is 0. The van der Waals surface area contributed by atoms with Crippen LogP contribution in [0.4, 0.5) is 11.4 Å². The predicted molar refractivity (Wildman–Crippen MR) is 135 cm³/mol. The second kappa shape index (κ2) is 7.69. The number of anilines is 2. The molecule has 0 amide bonds. The Balaban J connectivity index is 1.58. The Morgan fingerprint density at radius 2 is 1.34 bits per heavy atom. The van der Waals surface area contributed by atoms with Crippen LogP contribution in [0.1, 0.15) is 23.5 Å². The Hall–Kier alpha value is -3.84. The normalized spacial score (nSPS) is 16.5. The van der Waals surface area contributed by atoms with Gasteiger partial charge in [0.05, 0.1) is 0 Å². The van der Waals surface area contributed by atoms with Crippen molar-refractivity contribution in [3.8, 4) is 22.3 Å². The summed E-state index contributed by atoms with van der Waals surface area (Å²) in [4.78, 5) is 2.47. The molecule has 1 unspecified atom stereocenters. The predicted octanol–water partition coefficient (Wildman–Crippen LogP) is 8.41. The summed E-state index contributed by atoms with van der Waals surface area (Å²) >= 11 is 0. The topological polar surface area (TPSA) is 3.24 Å². The maximum Gasteiger partial charge on any atom is 0.0497 e. The van der Waals surface area contributed by atoms with E-state index in [1.54, 1.807) is 0 Å². The van der Waals surface area contributed by atoms with E-state index < -0.39 is 0 Å². The van der Waals surface area contributed by atoms with Crippen LogP contribution in [0, 0.1) is 6.92 Å². The average Bonchev–Trinajstić information content (AvgIpc) is 3.18. The van der Waals surface area contributed by atoms with Crippen LogP contribution < -0.4 is 4.90 Å². The molecular weight excluding hydrogens is 386 g/mol. The number of allylic oxidation sites excluding steroid dienone is 4. The first-order valence-corrected chi connectivity index (χ1v) is 11.3. The zero-order chi connectivity index (χ0) is 21.5. The molecule has 0 bridgehead atoms. The second-order valence-corrected chi connectivity index (χ2v) is 8.71. The fourth-order valence-electron chi connectivity index (χ4n) is 5.05. The van der Waals surface area contributed by atoms with Gasteiger partial charge in [0, 0.05) is 23.0 Å². The van der Waals surface area contributed by atoms with Gasteiger partial charge >= 0.3 is 0 Å². The number of rotatable bonds is 3. The SMILES string of the molecule is Cc1ccc2c(c1)C1CC=CC=C1N2c1cc(-c2ccccc2)cc(-c2ccccc2)c1. The summed E-state index contributed by atoms with van der Waals surface area (Å²) in [6.45, 7) is 2.19. The van der Waals surface area contributed by atoms with E-state index in [2.05, 4.69) is 127 Å². The number of hydrogen-bond donors (Lipinski definition) is 0. The number of hydrogen-bond acceptors (Lipinski definition) is 1. The van der Waals surface area contributed by atoms with E-state index >= 15 is 0 Å². The van der Waals surface area contributed by atoms with Crippen molar-refractivity contribution in [2.24, 2.45) is 0 Å². The highest BCUT2D eigenvalue weighted by atomic mass is 15.2. The Labute approximate surface area is 190 Å². The Morgan fingerprint density at radius 1 is 0.688 bits per heavy atom. The van der Waals surface area contributed by atoms with Crippen molar-refractivity contribution in [2.45, 2.75) is 19.3 Å². The minimum absolute atomic E-state index is 0.426. The first kappa shape index (κ1) is 18.9. The quantitative estimate of drug-likeness (QED) is 0.327. The monoisotopic (exact) mass is 411 g/mol. The summed E-state index contributed by atoms with van der Waals surface area (Å²) in [5, 5.41) is 0. The molecule has 0 aromatic heterocycles. The number of fused-ring (bicyclic) bond motifs is 3. The van der Waals surface area contributed by atoms with Gasteiger partial charge in [-0.25, -0.2) is 0 Å². The van der Waals surface area contributed by atoms with Gasteiger partial charge in [0.15, 0.2) is 0 Å². The van der Waals surface area contributed by atoms with Gasteiger partial charge in [-0.1, -0.05) is 90.5 Å². The Bertz CT molecular complexity index is 1290. The fraction of sp³-hybridized carbons (Fsp3) is 0.0968. The van der Waals surface area contributed by atoms with Crippen LogP contribution in [0.2, 0.25) is 0 Å². The molecule has 6 rings (SSSR count). The third-order valence-corrected chi connectivity index (χ3v) is 6.58. The van der Waals surface area contributed by atoms with Crippen LogP contribution in [-0.4, -0.2) is 0 Å². The van der Waals surface area contributed by atoms with Gasteiger partial charge in [-0.3, -0.25) is 0 Å². The first-order chi connectivity index (χ1) is 15.8. The van der Waals surface area contributed by atoms with Crippen molar-refractivity contribution in [1.82, 2.24) is 0 Å². The molecule has 0 fully saturated rings.